The van der Waals surface area contributed by atoms with Crippen LogP contribution in [0.2, 0.25) is 5.02 Å². The molecule has 0 unspecified atom stereocenters. The number of hydrogen-bond donors (Lipinski definition) is 0. The fraction of sp³-hybridized carbons (Fsp3) is 0.222. The Morgan fingerprint density at radius 2 is 1.73 bits per heavy atom. The minimum atomic E-state index is -4.02. The third-order valence-electron chi connectivity index (χ3n) is 5.58. The normalized spacial score (nSPS) is 11.5. The van der Waals surface area contributed by atoms with Crippen molar-refractivity contribution in [1.29, 1.82) is 0 Å². The lowest BCUT2D eigenvalue weighted by atomic mass is 10.2. The van der Waals surface area contributed by atoms with Gasteiger partial charge in [-0.15, -0.1) is 11.3 Å². The van der Waals surface area contributed by atoms with Gasteiger partial charge in [0.15, 0.2) is 11.5 Å². The molecule has 0 spiro atoms. The molecule has 0 bridgehead atoms. The maximum Gasteiger partial charge on any atom is 0.247 e. The minimum absolute atomic E-state index is 0.0149. The first-order valence-corrected chi connectivity index (χ1v) is 14.2. The summed E-state index contributed by atoms with van der Waals surface area (Å²) in [7, 11) is -1.03. The van der Waals surface area contributed by atoms with E-state index >= 15 is 0 Å². The van der Waals surface area contributed by atoms with Crippen molar-refractivity contribution in [3.05, 3.63) is 99.5 Å². The highest BCUT2D eigenvalue weighted by atomic mass is 35.5. The van der Waals surface area contributed by atoms with Gasteiger partial charge in [-0.05, 0) is 59.5 Å². The number of methoxy groups -OCH3 is 2. The fourth-order valence-corrected chi connectivity index (χ4v) is 6.25. The Labute approximate surface area is 226 Å². The molecular formula is C27H27ClN2O5S2. The highest BCUT2D eigenvalue weighted by Crippen LogP contribution is 2.33. The number of nitrogens with zero attached hydrogens (tertiary/aromatic N) is 2. The number of sulfonamides is 1. The average molecular weight is 559 g/mol. The van der Waals surface area contributed by atoms with E-state index in [0.717, 1.165) is 12.0 Å². The summed E-state index contributed by atoms with van der Waals surface area (Å²) in [6, 6.07) is 19.4. The lowest BCUT2D eigenvalue weighted by molar-refractivity contribution is 0.298. The number of ether oxygens (including phenoxy) is 3. The third kappa shape index (κ3) is 6.81. The minimum Gasteiger partial charge on any atom is -0.495 e. The Bertz CT molecular complexity index is 1410. The van der Waals surface area contributed by atoms with Gasteiger partial charge in [0.25, 0.3) is 0 Å². The first-order valence-electron chi connectivity index (χ1n) is 11.5. The Morgan fingerprint density at radius 1 is 0.919 bits per heavy atom. The van der Waals surface area contributed by atoms with E-state index in [2.05, 4.69) is 11.1 Å². The zero-order chi connectivity index (χ0) is 26.3. The van der Waals surface area contributed by atoms with E-state index in [1.165, 1.54) is 22.4 Å². The van der Waals surface area contributed by atoms with Gasteiger partial charge in [0.05, 0.1) is 33.1 Å². The second kappa shape index (κ2) is 12.4. The van der Waals surface area contributed by atoms with Crippen LogP contribution in [0.5, 0.6) is 17.2 Å². The highest BCUT2D eigenvalue weighted by molar-refractivity contribution is 7.89. The van der Waals surface area contributed by atoms with Crippen molar-refractivity contribution in [3.8, 4) is 17.2 Å². The van der Waals surface area contributed by atoms with Gasteiger partial charge in [0.1, 0.15) is 10.6 Å². The molecule has 37 heavy (non-hydrogen) atoms. The van der Waals surface area contributed by atoms with E-state index in [0.29, 0.717) is 28.8 Å². The third-order valence-corrected chi connectivity index (χ3v) is 8.57. The summed E-state index contributed by atoms with van der Waals surface area (Å²) in [5, 5.41) is 2.33. The first-order chi connectivity index (χ1) is 17.9. The summed E-state index contributed by atoms with van der Waals surface area (Å²) in [6.45, 7) is 0.631. The fourth-order valence-electron chi connectivity index (χ4n) is 3.74. The predicted octanol–water partition coefficient (Wildman–Crippen LogP) is 5.83. The number of aromatic nitrogens is 1. The van der Waals surface area contributed by atoms with E-state index in [9.17, 15) is 8.42 Å². The zero-order valence-electron chi connectivity index (χ0n) is 20.5. The average Bonchev–Trinajstić information content (AvgIpc) is 3.43. The second-order valence-electron chi connectivity index (χ2n) is 8.05. The van der Waals surface area contributed by atoms with Crippen molar-refractivity contribution in [2.24, 2.45) is 0 Å². The van der Waals surface area contributed by atoms with Crippen molar-refractivity contribution >= 4 is 33.0 Å². The molecule has 0 saturated heterocycles. The lowest BCUT2D eigenvalue weighted by Gasteiger charge is -2.24. The van der Waals surface area contributed by atoms with Crippen molar-refractivity contribution in [2.45, 2.75) is 24.4 Å². The maximum absolute atomic E-state index is 13.9. The van der Waals surface area contributed by atoms with Crippen LogP contribution in [-0.2, 0) is 29.5 Å². The molecule has 10 heteroatoms. The summed E-state index contributed by atoms with van der Waals surface area (Å²) in [4.78, 5) is 5.55. The van der Waals surface area contributed by atoms with Gasteiger partial charge in [-0.1, -0.05) is 29.8 Å². The Hall–Kier alpha value is -3.11. The van der Waals surface area contributed by atoms with E-state index in [4.69, 9.17) is 25.8 Å². The number of thiophene rings is 1. The van der Waals surface area contributed by atoms with E-state index in [1.807, 2.05) is 23.6 Å². The monoisotopic (exact) mass is 558 g/mol. The lowest BCUT2D eigenvalue weighted by Crippen LogP contribution is -2.31. The predicted molar refractivity (Wildman–Crippen MR) is 145 cm³/mol. The topological polar surface area (TPSA) is 78.0 Å². The van der Waals surface area contributed by atoms with Crippen molar-refractivity contribution in [3.63, 3.8) is 0 Å². The van der Waals surface area contributed by atoms with E-state index in [1.54, 1.807) is 61.0 Å². The molecule has 0 amide bonds. The van der Waals surface area contributed by atoms with Gasteiger partial charge < -0.3 is 14.2 Å². The zero-order valence-corrected chi connectivity index (χ0v) is 22.9. The van der Waals surface area contributed by atoms with Gasteiger partial charge >= 0.3 is 0 Å². The quantitative estimate of drug-likeness (QED) is 0.218. The molecule has 0 atom stereocenters. The molecule has 4 rings (SSSR count). The van der Waals surface area contributed by atoms with Crippen LogP contribution in [0.3, 0.4) is 0 Å². The summed E-state index contributed by atoms with van der Waals surface area (Å²) in [6.07, 6.45) is 2.42. The van der Waals surface area contributed by atoms with Crippen LogP contribution in [0, 0.1) is 0 Å². The number of pyridine rings is 1. The number of halogens is 1. The smallest absolute Gasteiger partial charge is 0.247 e. The standard InChI is InChI=1S/C27H27ClN2O5S2/c1-33-25-11-9-21(28)17-27(25)37(31,32)30(19-22-6-3-4-13-29-22)18-20-8-10-24(26(16-20)34-2)35-14-12-23-7-5-15-36-23/h3-11,13,15-17H,12,14,18-19H2,1-2H3. The number of hydrogen-bond acceptors (Lipinski definition) is 7. The van der Waals surface area contributed by atoms with Gasteiger partial charge in [-0.25, -0.2) is 8.42 Å². The van der Waals surface area contributed by atoms with E-state index < -0.39 is 10.0 Å². The Morgan fingerprint density at radius 3 is 2.43 bits per heavy atom. The molecule has 2 heterocycles. The molecule has 0 saturated carbocycles. The molecule has 0 N–H and O–H groups in total. The molecular weight excluding hydrogens is 532 g/mol. The van der Waals surface area contributed by atoms with Crippen molar-refractivity contribution < 1.29 is 22.6 Å². The largest absolute Gasteiger partial charge is 0.495 e. The first kappa shape index (κ1) is 26.9. The molecule has 194 valence electrons. The van der Waals surface area contributed by atoms with Gasteiger partial charge in [-0.2, -0.15) is 4.31 Å². The molecule has 0 aliphatic heterocycles. The molecule has 2 aromatic carbocycles. The SMILES string of the molecule is COc1cc(CN(Cc2ccccn2)S(=O)(=O)c2cc(Cl)ccc2OC)ccc1OCCc1cccs1. The van der Waals surface area contributed by atoms with Gasteiger partial charge in [-0.3, -0.25) is 4.98 Å². The van der Waals surface area contributed by atoms with Crippen LogP contribution < -0.4 is 14.2 Å². The molecule has 0 fully saturated rings. The van der Waals surface area contributed by atoms with Crippen LogP contribution in [-0.4, -0.2) is 38.5 Å². The Balaban J connectivity index is 1.61. The van der Waals surface area contributed by atoms with Gasteiger partial charge in [0, 0.05) is 29.1 Å². The van der Waals surface area contributed by atoms with Crippen molar-refractivity contribution in [2.75, 3.05) is 20.8 Å². The van der Waals surface area contributed by atoms with Crippen LogP contribution >= 0.6 is 22.9 Å². The summed E-state index contributed by atoms with van der Waals surface area (Å²) >= 11 is 7.84. The second-order valence-corrected chi connectivity index (χ2v) is 11.4. The molecule has 0 radical (unpaired) electrons. The molecule has 0 aliphatic carbocycles. The molecule has 7 nitrogen and oxygen atoms in total. The van der Waals surface area contributed by atoms with E-state index in [-0.39, 0.29) is 23.7 Å². The maximum atomic E-state index is 13.9. The Kier molecular flexibility index (Phi) is 9.04. The summed E-state index contributed by atoms with van der Waals surface area (Å²) in [5.74, 6) is 1.33. The molecule has 2 aromatic heterocycles. The van der Waals surface area contributed by atoms with Gasteiger partial charge in [0.2, 0.25) is 10.0 Å². The van der Waals surface area contributed by atoms with Crippen LogP contribution in [0.1, 0.15) is 16.1 Å². The highest BCUT2D eigenvalue weighted by Gasteiger charge is 2.29. The summed E-state index contributed by atoms with van der Waals surface area (Å²) < 4.78 is 45.9. The molecule has 0 aliphatic rings. The van der Waals surface area contributed by atoms with Crippen LogP contribution in [0.15, 0.2) is 83.2 Å². The number of benzene rings is 2. The molecule has 4 aromatic rings. The van der Waals surface area contributed by atoms with Crippen LogP contribution in [0.4, 0.5) is 0 Å². The van der Waals surface area contributed by atoms with Crippen LogP contribution in [0.25, 0.3) is 0 Å². The summed E-state index contributed by atoms with van der Waals surface area (Å²) in [5.41, 5.74) is 1.33. The number of rotatable bonds is 12. The van der Waals surface area contributed by atoms with Crippen molar-refractivity contribution in [1.82, 2.24) is 9.29 Å².